The van der Waals surface area contributed by atoms with Crippen molar-refractivity contribution in [1.82, 2.24) is 0 Å². The van der Waals surface area contributed by atoms with E-state index in [1.54, 1.807) is 0 Å². The van der Waals surface area contributed by atoms with Gasteiger partial charge in [-0.25, -0.2) is 0 Å². The van der Waals surface area contributed by atoms with E-state index in [9.17, 15) is 4.79 Å². The highest BCUT2D eigenvalue weighted by atomic mass is 32.1. The van der Waals surface area contributed by atoms with Crippen LogP contribution in [-0.2, 0) is 4.79 Å². The van der Waals surface area contributed by atoms with Gasteiger partial charge in [0.2, 0.25) is 0 Å². The van der Waals surface area contributed by atoms with Crippen LogP contribution in [0.1, 0.15) is 116 Å². The molecule has 0 N–H and O–H groups in total. The van der Waals surface area contributed by atoms with Gasteiger partial charge < -0.3 is 0 Å². The fourth-order valence-electron chi connectivity index (χ4n) is 2.88. The summed E-state index contributed by atoms with van der Waals surface area (Å²) >= 11 is 3.79. The third-order valence-electron chi connectivity index (χ3n) is 4.40. The third kappa shape index (κ3) is 21.8. The van der Waals surface area contributed by atoms with Crippen molar-refractivity contribution in [2.24, 2.45) is 0 Å². The summed E-state index contributed by atoms with van der Waals surface area (Å²) in [7, 11) is 0. The van der Waals surface area contributed by atoms with E-state index in [0.717, 1.165) is 6.42 Å². The standard InChI is InChI=1S/C21H40OS/c1-2-3-4-5-6-7-8-9-10-11-12-13-14-15-16-17-18-19-20-21(22)23/h9-10H,2-8,11-20H2,1H3,(H,22,23). The van der Waals surface area contributed by atoms with Crippen molar-refractivity contribution >= 4 is 17.7 Å². The Hall–Kier alpha value is -0.240. The number of hydrogen-bond acceptors (Lipinski definition) is 1. The maximum atomic E-state index is 10.7. The zero-order chi connectivity index (χ0) is 17.0. The molecular weight excluding hydrogens is 300 g/mol. The molecular formula is C21H40OS. The summed E-state index contributed by atoms with van der Waals surface area (Å²) in [5.74, 6) is 0. The van der Waals surface area contributed by atoms with Gasteiger partial charge in [0.05, 0.1) is 0 Å². The largest absolute Gasteiger partial charge is 0.288 e. The van der Waals surface area contributed by atoms with Gasteiger partial charge in [0.25, 0.3) is 0 Å². The van der Waals surface area contributed by atoms with Crippen LogP contribution in [0, 0.1) is 0 Å². The van der Waals surface area contributed by atoms with Crippen LogP contribution in [0.5, 0.6) is 0 Å². The Labute approximate surface area is 151 Å². The molecule has 0 bridgehead atoms. The number of carbonyl (C=O) groups excluding carboxylic acids is 1. The normalized spacial score (nSPS) is 11.4. The first-order valence-electron chi connectivity index (χ1n) is 10.1. The minimum absolute atomic E-state index is 0.0366. The summed E-state index contributed by atoms with van der Waals surface area (Å²) in [5.41, 5.74) is 0. The van der Waals surface area contributed by atoms with Crippen LogP contribution in [-0.4, -0.2) is 5.12 Å². The van der Waals surface area contributed by atoms with E-state index in [1.807, 2.05) is 0 Å². The van der Waals surface area contributed by atoms with Gasteiger partial charge in [-0.15, -0.1) is 12.6 Å². The van der Waals surface area contributed by atoms with Gasteiger partial charge >= 0.3 is 0 Å². The number of carbonyl (C=O) groups is 1. The first-order valence-corrected chi connectivity index (χ1v) is 10.6. The molecule has 0 fully saturated rings. The molecule has 0 radical (unpaired) electrons. The summed E-state index contributed by atoms with van der Waals surface area (Å²) in [6.07, 6.45) is 26.6. The number of unbranched alkanes of at least 4 members (excludes halogenated alkanes) is 14. The van der Waals surface area contributed by atoms with Gasteiger partial charge in [-0.05, 0) is 32.1 Å². The van der Waals surface area contributed by atoms with Crippen molar-refractivity contribution in [3.8, 4) is 0 Å². The second-order valence-electron chi connectivity index (χ2n) is 6.79. The smallest absolute Gasteiger partial charge is 0.185 e. The molecule has 0 aliphatic heterocycles. The number of thiol groups is 1. The van der Waals surface area contributed by atoms with E-state index >= 15 is 0 Å². The van der Waals surface area contributed by atoms with E-state index in [4.69, 9.17) is 0 Å². The van der Waals surface area contributed by atoms with Gasteiger partial charge in [-0.3, -0.25) is 4.79 Å². The van der Waals surface area contributed by atoms with Gasteiger partial charge in [-0.2, -0.15) is 0 Å². The molecule has 0 amide bonds. The van der Waals surface area contributed by atoms with Crippen LogP contribution in [0.3, 0.4) is 0 Å². The third-order valence-corrected chi connectivity index (χ3v) is 4.63. The number of rotatable bonds is 18. The van der Waals surface area contributed by atoms with Crippen molar-refractivity contribution in [3.63, 3.8) is 0 Å². The van der Waals surface area contributed by atoms with Gasteiger partial charge in [0.15, 0.2) is 5.12 Å². The SMILES string of the molecule is CCCCCCCCC=CCCCCCCCCCCC(=O)S. The summed E-state index contributed by atoms with van der Waals surface area (Å²) in [6, 6.07) is 0. The minimum Gasteiger partial charge on any atom is -0.288 e. The molecule has 0 unspecified atom stereocenters. The van der Waals surface area contributed by atoms with E-state index < -0.39 is 0 Å². The molecule has 0 rings (SSSR count). The molecule has 136 valence electrons. The van der Waals surface area contributed by atoms with Gasteiger partial charge in [0, 0.05) is 6.42 Å². The van der Waals surface area contributed by atoms with Crippen LogP contribution in [0.2, 0.25) is 0 Å². The minimum atomic E-state index is 0.0366. The Bertz CT molecular complexity index is 273. The highest BCUT2D eigenvalue weighted by Gasteiger charge is 1.95. The first kappa shape index (κ1) is 22.8. The molecule has 0 heterocycles. The lowest BCUT2D eigenvalue weighted by molar-refractivity contribution is -0.110. The molecule has 1 nitrogen and oxygen atoms in total. The molecule has 23 heavy (non-hydrogen) atoms. The molecule has 0 atom stereocenters. The molecule has 0 saturated carbocycles. The van der Waals surface area contributed by atoms with Crippen LogP contribution in [0.4, 0.5) is 0 Å². The Morgan fingerprint density at radius 1 is 0.652 bits per heavy atom. The second kappa shape index (κ2) is 19.8. The Morgan fingerprint density at radius 3 is 1.48 bits per heavy atom. The van der Waals surface area contributed by atoms with Crippen molar-refractivity contribution in [2.45, 2.75) is 116 Å². The van der Waals surface area contributed by atoms with Crippen molar-refractivity contribution in [1.29, 1.82) is 0 Å². The van der Waals surface area contributed by atoms with Crippen LogP contribution in [0.25, 0.3) is 0 Å². The monoisotopic (exact) mass is 340 g/mol. The van der Waals surface area contributed by atoms with Gasteiger partial charge in [0.1, 0.15) is 0 Å². The second-order valence-corrected chi connectivity index (χ2v) is 7.29. The van der Waals surface area contributed by atoms with Crippen LogP contribution in [0.15, 0.2) is 12.2 Å². The fourth-order valence-corrected chi connectivity index (χ4v) is 3.04. The number of allylic oxidation sites excluding steroid dienone is 2. The van der Waals surface area contributed by atoms with Crippen LogP contribution < -0.4 is 0 Å². The predicted molar refractivity (Wildman–Crippen MR) is 107 cm³/mol. The van der Waals surface area contributed by atoms with Gasteiger partial charge in [-0.1, -0.05) is 89.7 Å². The molecule has 0 aromatic carbocycles. The molecule has 0 aliphatic carbocycles. The van der Waals surface area contributed by atoms with Crippen LogP contribution >= 0.6 is 12.6 Å². The maximum absolute atomic E-state index is 10.7. The average Bonchev–Trinajstić information content (AvgIpc) is 2.53. The molecule has 0 aromatic heterocycles. The Balaban J connectivity index is 3.06. The zero-order valence-electron chi connectivity index (χ0n) is 15.5. The summed E-state index contributed by atoms with van der Waals surface area (Å²) < 4.78 is 0. The molecule has 0 spiro atoms. The highest BCUT2D eigenvalue weighted by Crippen LogP contribution is 2.12. The molecule has 2 heteroatoms. The lowest BCUT2D eigenvalue weighted by Crippen LogP contribution is -1.86. The van der Waals surface area contributed by atoms with E-state index in [2.05, 4.69) is 31.7 Å². The molecule has 0 saturated heterocycles. The molecule has 0 aliphatic rings. The average molecular weight is 341 g/mol. The Morgan fingerprint density at radius 2 is 1.04 bits per heavy atom. The van der Waals surface area contributed by atoms with Crippen molar-refractivity contribution < 1.29 is 4.79 Å². The van der Waals surface area contributed by atoms with E-state index in [1.165, 1.54) is 96.3 Å². The maximum Gasteiger partial charge on any atom is 0.185 e. The Kier molecular flexibility index (Phi) is 19.6. The zero-order valence-corrected chi connectivity index (χ0v) is 16.4. The topological polar surface area (TPSA) is 17.1 Å². The quantitative estimate of drug-likeness (QED) is 0.154. The lowest BCUT2D eigenvalue weighted by atomic mass is 10.1. The first-order chi connectivity index (χ1) is 11.3. The highest BCUT2D eigenvalue weighted by molar-refractivity contribution is 7.96. The lowest BCUT2D eigenvalue weighted by Gasteiger charge is -2.01. The molecule has 0 aromatic rings. The summed E-state index contributed by atoms with van der Waals surface area (Å²) in [5, 5.41) is 0.0366. The predicted octanol–water partition coefficient (Wildman–Crippen LogP) is 7.65. The van der Waals surface area contributed by atoms with Crippen molar-refractivity contribution in [2.75, 3.05) is 0 Å². The van der Waals surface area contributed by atoms with E-state index in [0.29, 0.717) is 6.42 Å². The number of hydrogen-bond donors (Lipinski definition) is 1. The fraction of sp³-hybridized carbons (Fsp3) is 0.857. The summed E-state index contributed by atoms with van der Waals surface area (Å²) in [6.45, 7) is 2.27. The summed E-state index contributed by atoms with van der Waals surface area (Å²) in [4.78, 5) is 10.7. The van der Waals surface area contributed by atoms with E-state index in [-0.39, 0.29) is 5.12 Å². The van der Waals surface area contributed by atoms with Crippen molar-refractivity contribution in [3.05, 3.63) is 12.2 Å².